The van der Waals surface area contributed by atoms with Gasteiger partial charge in [0, 0.05) is 11.3 Å². The van der Waals surface area contributed by atoms with Crippen molar-refractivity contribution in [2.24, 2.45) is 0 Å². The molecule has 4 aromatic rings. The summed E-state index contributed by atoms with van der Waals surface area (Å²) < 4.78 is 1.50. The maximum atomic E-state index is 12.8. The first-order chi connectivity index (χ1) is 12.7. The number of nitrogens with zero attached hydrogens (tertiary/aromatic N) is 2. The van der Waals surface area contributed by atoms with E-state index in [0.717, 1.165) is 20.8 Å². The zero-order valence-electron chi connectivity index (χ0n) is 14.1. The highest BCUT2D eigenvalue weighted by Gasteiger charge is 2.13. The lowest BCUT2D eigenvalue weighted by Crippen LogP contribution is -2.27. The van der Waals surface area contributed by atoms with E-state index < -0.39 is 6.10 Å². The van der Waals surface area contributed by atoms with Gasteiger partial charge in [-0.25, -0.2) is 4.98 Å². The van der Waals surface area contributed by atoms with Gasteiger partial charge in [0.25, 0.3) is 5.56 Å². The first-order valence-electron chi connectivity index (χ1n) is 8.47. The van der Waals surface area contributed by atoms with E-state index >= 15 is 0 Å². The number of aliphatic hydroxyl groups excluding tert-OH is 1. The fourth-order valence-corrected chi connectivity index (χ4v) is 4.01. The molecule has 4 nitrogen and oxygen atoms in total. The average molecular weight is 362 g/mol. The molecule has 26 heavy (non-hydrogen) atoms. The van der Waals surface area contributed by atoms with Crippen molar-refractivity contribution in [3.05, 3.63) is 89.0 Å². The van der Waals surface area contributed by atoms with Gasteiger partial charge in [-0.15, -0.1) is 11.3 Å². The predicted molar refractivity (Wildman–Crippen MR) is 105 cm³/mol. The molecule has 2 heterocycles. The van der Waals surface area contributed by atoms with Gasteiger partial charge in [-0.05, 0) is 17.2 Å². The first-order valence-corrected chi connectivity index (χ1v) is 9.29. The van der Waals surface area contributed by atoms with Gasteiger partial charge in [0.15, 0.2) is 0 Å². The topological polar surface area (TPSA) is 55.1 Å². The van der Waals surface area contributed by atoms with Gasteiger partial charge in [-0.2, -0.15) is 0 Å². The first kappa shape index (κ1) is 16.7. The summed E-state index contributed by atoms with van der Waals surface area (Å²) in [5, 5.41) is 11.0. The third-order valence-electron chi connectivity index (χ3n) is 4.30. The molecule has 0 saturated carbocycles. The van der Waals surface area contributed by atoms with E-state index in [9.17, 15) is 9.90 Å². The van der Waals surface area contributed by atoms with Crippen LogP contribution in [0.4, 0.5) is 0 Å². The summed E-state index contributed by atoms with van der Waals surface area (Å²) in [4.78, 5) is 18.9. The highest BCUT2D eigenvalue weighted by Crippen LogP contribution is 2.30. The molecule has 1 unspecified atom stereocenters. The van der Waals surface area contributed by atoms with Gasteiger partial charge in [0.05, 0.1) is 24.4 Å². The molecule has 2 aromatic heterocycles. The van der Waals surface area contributed by atoms with Gasteiger partial charge < -0.3 is 5.11 Å². The highest BCUT2D eigenvalue weighted by molar-refractivity contribution is 7.21. The Morgan fingerprint density at radius 1 is 1.04 bits per heavy atom. The van der Waals surface area contributed by atoms with E-state index in [0.29, 0.717) is 11.8 Å². The second kappa shape index (κ2) is 7.23. The number of aromatic nitrogens is 2. The van der Waals surface area contributed by atoms with E-state index in [-0.39, 0.29) is 12.1 Å². The zero-order valence-corrected chi connectivity index (χ0v) is 14.9. The maximum absolute atomic E-state index is 12.8. The van der Waals surface area contributed by atoms with Crippen molar-refractivity contribution in [3.63, 3.8) is 0 Å². The summed E-state index contributed by atoms with van der Waals surface area (Å²) >= 11 is 1.51. The number of hydrogen-bond donors (Lipinski definition) is 1. The van der Waals surface area contributed by atoms with Crippen molar-refractivity contribution in [2.45, 2.75) is 19.1 Å². The molecule has 0 saturated heterocycles. The Labute approximate surface area is 155 Å². The fourth-order valence-electron chi connectivity index (χ4n) is 3.01. The Hall–Kier alpha value is -2.76. The van der Waals surface area contributed by atoms with Crippen molar-refractivity contribution in [3.8, 4) is 10.4 Å². The molecule has 4 rings (SSSR count). The molecule has 1 N–H and O–H groups in total. The number of benzene rings is 2. The maximum Gasteiger partial charge on any atom is 0.262 e. The molecule has 0 aliphatic heterocycles. The fraction of sp³-hybridized carbons (Fsp3) is 0.143. The van der Waals surface area contributed by atoms with Crippen LogP contribution in [0, 0.1) is 0 Å². The molecule has 1 atom stereocenters. The van der Waals surface area contributed by atoms with Gasteiger partial charge in [-0.1, -0.05) is 60.7 Å². The van der Waals surface area contributed by atoms with Crippen LogP contribution in [0.3, 0.4) is 0 Å². The molecule has 130 valence electrons. The number of aliphatic hydroxyl groups is 1. The Balaban J connectivity index is 1.60. The Kier molecular flexibility index (Phi) is 4.65. The zero-order chi connectivity index (χ0) is 17.9. The number of hydrogen-bond acceptors (Lipinski definition) is 4. The number of fused-ring (bicyclic) bond motifs is 1. The quantitative estimate of drug-likeness (QED) is 0.589. The van der Waals surface area contributed by atoms with E-state index in [1.54, 1.807) is 0 Å². The molecular weight excluding hydrogens is 344 g/mol. The minimum atomic E-state index is -0.637. The molecule has 0 amide bonds. The average Bonchev–Trinajstić information content (AvgIpc) is 3.11. The molecule has 2 aromatic carbocycles. The molecule has 5 heteroatoms. The summed E-state index contributed by atoms with van der Waals surface area (Å²) in [7, 11) is 0. The Morgan fingerprint density at radius 2 is 1.73 bits per heavy atom. The van der Waals surface area contributed by atoms with Crippen molar-refractivity contribution in [2.75, 3.05) is 0 Å². The summed E-state index contributed by atoms with van der Waals surface area (Å²) in [5.41, 5.74) is 2.01. The number of thiophene rings is 1. The Morgan fingerprint density at radius 3 is 2.46 bits per heavy atom. The predicted octanol–water partition coefficient (Wildman–Crippen LogP) is 3.73. The third kappa shape index (κ3) is 3.45. The smallest absolute Gasteiger partial charge is 0.262 e. The molecule has 0 aliphatic rings. The third-order valence-corrected chi connectivity index (χ3v) is 5.39. The highest BCUT2D eigenvalue weighted by atomic mass is 32.1. The molecule has 0 spiro atoms. The lowest BCUT2D eigenvalue weighted by Gasteiger charge is -2.12. The lowest BCUT2D eigenvalue weighted by atomic mass is 10.1. The van der Waals surface area contributed by atoms with Gasteiger partial charge in [0.1, 0.15) is 4.83 Å². The van der Waals surface area contributed by atoms with E-state index in [4.69, 9.17) is 0 Å². The van der Waals surface area contributed by atoms with Crippen LogP contribution in [0.15, 0.2) is 77.9 Å². The molecule has 0 radical (unpaired) electrons. The monoisotopic (exact) mass is 362 g/mol. The van der Waals surface area contributed by atoms with Crippen LogP contribution in [-0.2, 0) is 13.0 Å². The molecule has 0 fully saturated rings. The minimum Gasteiger partial charge on any atom is -0.391 e. The SMILES string of the molecule is O=c1c2cc(-c3ccccc3)sc2ncn1CC(O)Cc1ccccc1. The Bertz CT molecular complexity index is 1070. The van der Waals surface area contributed by atoms with Crippen molar-refractivity contribution in [1.82, 2.24) is 9.55 Å². The second-order valence-electron chi connectivity index (χ2n) is 6.24. The van der Waals surface area contributed by atoms with Crippen LogP contribution in [-0.4, -0.2) is 20.8 Å². The lowest BCUT2D eigenvalue weighted by molar-refractivity contribution is 0.153. The van der Waals surface area contributed by atoms with Crippen LogP contribution >= 0.6 is 11.3 Å². The van der Waals surface area contributed by atoms with Crippen LogP contribution in [0.5, 0.6) is 0 Å². The minimum absolute atomic E-state index is 0.111. The summed E-state index contributed by atoms with van der Waals surface area (Å²) in [6.07, 6.45) is 1.40. The van der Waals surface area contributed by atoms with Gasteiger partial charge >= 0.3 is 0 Å². The van der Waals surface area contributed by atoms with E-state index in [2.05, 4.69) is 4.98 Å². The summed E-state index contributed by atoms with van der Waals surface area (Å²) in [6, 6.07) is 21.6. The standard InChI is InChI=1S/C21H18N2O2S/c24-17(11-15-7-3-1-4-8-15)13-23-14-22-20-18(21(23)25)12-19(26-20)16-9-5-2-6-10-16/h1-10,12,14,17,24H,11,13H2. The van der Waals surface area contributed by atoms with E-state index in [1.807, 2.05) is 66.7 Å². The molecular formula is C21H18N2O2S. The van der Waals surface area contributed by atoms with Crippen LogP contribution in [0.25, 0.3) is 20.7 Å². The normalized spacial score (nSPS) is 12.3. The number of rotatable bonds is 5. The van der Waals surface area contributed by atoms with Gasteiger partial charge in [0.2, 0.25) is 0 Å². The summed E-state index contributed by atoms with van der Waals surface area (Å²) in [6.45, 7) is 0.229. The van der Waals surface area contributed by atoms with Gasteiger partial charge in [-0.3, -0.25) is 9.36 Å². The van der Waals surface area contributed by atoms with E-state index in [1.165, 1.54) is 22.2 Å². The molecule has 0 aliphatic carbocycles. The van der Waals surface area contributed by atoms with Crippen molar-refractivity contribution < 1.29 is 5.11 Å². The van der Waals surface area contributed by atoms with Crippen LogP contribution in [0.2, 0.25) is 0 Å². The summed E-state index contributed by atoms with van der Waals surface area (Å²) in [5.74, 6) is 0. The van der Waals surface area contributed by atoms with Crippen molar-refractivity contribution in [1.29, 1.82) is 0 Å². The van der Waals surface area contributed by atoms with Crippen LogP contribution < -0.4 is 5.56 Å². The molecule has 0 bridgehead atoms. The van der Waals surface area contributed by atoms with Crippen LogP contribution in [0.1, 0.15) is 5.56 Å². The van der Waals surface area contributed by atoms with Crippen molar-refractivity contribution >= 4 is 21.6 Å². The second-order valence-corrected chi connectivity index (χ2v) is 7.27. The largest absolute Gasteiger partial charge is 0.391 e.